The zero-order valence-corrected chi connectivity index (χ0v) is 11.0. The first-order valence-electron chi connectivity index (χ1n) is 6.62. The highest BCUT2D eigenvalue weighted by atomic mass is 15.2. The third-order valence-electron chi connectivity index (χ3n) is 4.10. The minimum atomic E-state index is 0.923. The second kappa shape index (κ2) is 4.20. The van der Waals surface area contributed by atoms with Gasteiger partial charge in [0.15, 0.2) is 0 Å². The summed E-state index contributed by atoms with van der Waals surface area (Å²) in [4.78, 5) is 2.43. The van der Waals surface area contributed by atoms with Gasteiger partial charge in [0, 0.05) is 25.2 Å². The molecule has 0 fully saturated rings. The Morgan fingerprint density at radius 1 is 1.39 bits per heavy atom. The number of allylic oxidation sites excluding steroid dienone is 5. The topological polar surface area (TPSA) is 29.3 Å². The van der Waals surface area contributed by atoms with E-state index in [-0.39, 0.29) is 0 Å². The summed E-state index contributed by atoms with van der Waals surface area (Å²) in [5.74, 6) is 0. The number of nitrogens with zero attached hydrogens (tertiary/aromatic N) is 1. The molecule has 2 N–H and O–H groups in total. The molecule has 0 aromatic carbocycles. The Labute approximate surface area is 109 Å². The van der Waals surface area contributed by atoms with Gasteiger partial charge >= 0.3 is 0 Å². The average molecular weight is 240 g/mol. The van der Waals surface area contributed by atoms with Crippen LogP contribution in [0.5, 0.6) is 0 Å². The lowest BCUT2D eigenvalue weighted by atomic mass is 9.91. The van der Waals surface area contributed by atoms with Crippen LogP contribution < -0.4 is 5.73 Å². The summed E-state index contributed by atoms with van der Waals surface area (Å²) < 4.78 is 0. The maximum absolute atomic E-state index is 6.02. The Hall–Kier alpha value is -1.70. The molecule has 0 saturated heterocycles. The number of nitrogens with two attached hydrogens (primary N) is 1. The molecule has 0 unspecified atom stereocenters. The molecule has 18 heavy (non-hydrogen) atoms. The second-order valence-electron chi connectivity index (χ2n) is 5.44. The SMILES string of the molecule is C=C1CC(N2CCC3=C(C=C(C)C=CC3)C2)=C1N. The monoisotopic (exact) mass is 240 g/mol. The minimum Gasteiger partial charge on any atom is -0.397 e. The first kappa shape index (κ1) is 11.4. The first-order valence-corrected chi connectivity index (χ1v) is 6.62. The van der Waals surface area contributed by atoms with E-state index in [4.69, 9.17) is 5.73 Å². The molecule has 2 nitrogen and oxygen atoms in total. The van der Waals surface area contributed by atoms with Crippen molar-refractivity contribution >= 4 is 0 Å². The van der Waals surface area contributed by atoms with Crippen LogP contribution in [0.1, 0.15) is 26.2 Å². The summed E-state index contributed by atoms with van der Waals surface area (Å²) in [6.45, 7) is 8.23. The van der Waals surface area contributed by atoms with E-state index in [0.29, 0.717) is 0 Å². The summed E-state index contributed by atoms with van der Waals surface area (Å²) in [5, 5.41) is 0. The van der Waals surface area contributed by atoms with Crippen molar-refractivity contribution < 1.29 is 0 Å². The molecular weight excluding hydrogens is 220 g/mol. The van der Waals surface area contributed by atoms with E-state index < -0.39 is 0 Å². The molecule has 2 aliphatic carbocycles. The smallest absolute Gasteiger partial charge is 0.0543 e. The molecule has 0 atom stereocenters. The van der Waals surface area contributed by atoms with Crippen molar-refractivity contribution in [3.8, 4) is 0 Å². The molecule has 1 aliphatic heterocycles. The zero-order valence-electron chi connectivity index (χ0n) is 11.0. The fourth-order valence-corrected chi connectivity index (χ4v) is 2.92. The molecule has 3 rings (SSSR count). The van der Waals surface area contributed by atoms with Crippen LogP contribution in [-0.4, -0.2) is 18.0 Å². The van der Waals surface area contributed by atoms with E-state index in [9.17, 15) is 0 Å². The summed E-state index contributed by atoms with van der Waals surface area (Å²) in [6.07, 6.45) is 10.1. The van der Waals surface area contributed by atoms with Gasteiger partial charge < -0.3 is 10.6 Å². The van der Waals surface area contributed by atoms with Gasteiger partial charge in [-0.2, -0.15) is 0 Å². The predicted molar refractivity (Wildman–Crippen MR) is 75.7 cm³/mol. The van der Waals surface area contributed by atoms with Crippen molar-refractivity contribution in [1.29, 1.82) is 0 Å². The van der Waals surface area contributed by atoms with E-state index in [2.05, 4.69) is 36.6 Å². The van der Waals surface area contributed by atoms with Crippen LogP contribution in [0.3, 0.4) is 0 Å². The van der Waals surface area contributed by atoms with Crippen LogP contribution >= 0.6 is 0 Å². The third-order valence-corrected chi connectivity index (χ3v) is 4.10. The van der Waals surface area contributed by atoms with Crippen molar-refractivity contribution in [1.82, 2.24) is 4.90 Å². The third kappa shape index (κ3) is 1.82. The largest absolute Gasteiger partial charge is 0.397 e. The second-order valence-corrected chi connectivity index (χ2v) is 5.44. The molecule has 0 bridgehead atoms. The van der Waals surface area contributed by atoms with Gasteiger partial charge in [0.05, 0.1) is 5.70 Å². The fourth-order valence-electron chi connectivity index (χ4n) is 2.92. The van der Waals surface area contributed by atoms with Crippen LogP contribution in [0.4, 0.5) is 0 Å². The summed E-state index contributed by atoms with van der Waals surface area (Å²) in [6, 6.07) is 0. The Morgan fingerprint density at radius 2 is 2.22 bits per heavy atom. The van der Waals surface area contributed by atoms with Gasteiger partial charge in [0.1, 0.15) is 0 Å². The van der Waals surface area contributed by atoms with Gasteiger partial charge in [-0.1, -0.05) is 36.0 Å². The molecular formula is C16H20N2. The lowest BCUT2D eigenvalue weighted by Crippen LogP contribution is -2.36. The Kier molecular flexibility index (Phi) is 2.66. The maximum atomic E-state index is 6.02. The molecule has 0 spiro atoms. The average Bonchev–Trinajstić information content (AvgIpc) is 2.55. The number of rotatable bonds is 1. The molecule has 94 valence electrons. The molecule has 0 saturated carbocycles. The van der Waals surface area contributed by atoms with E-state index in [1.807, 2.05) is 0 Å². The predicted octanol–water partition coefficient (Wildman–Crippen LogP) is 3.03. The first-order chi connectivity index (χ1) is 8.65. The fraction of sp³-hybridized carbons (Fsp3) is 0.375. The van der Waals surface area contributed by atoms with Crippen molar-refractivity contribution in [2.24, 2.45) is 5.73 Å². The van der Waals surface area contributed by atoms with Crippen molar-refractivity contribution in [2.75, 3.05) is 13.1 Å². The van der Waals surface area contributed by atoms with Gasteiger partial charge in [0.2, 0.25) is 0 Å². The van der Waals surface area contributed by atoms with Crippen LogP contribution in [0.15, 0.2) is 58.5 Å². The molecule has 3 aliphatic rings. The Bertz CT molecular complexity index is 529. The summed E-state index contributed by atoms with van der Waals surface area (Å²) in [7, 11) is 0. The standard InChI is InChI=1S/C16H20N2/c1-11-4-3-5-13-6-7-18(10-14(13)8-11)15-9-12(2)16(15)17/h3-4,8H,2,5-7,9-10,17H2,1H3. The van der Waals surface area contributed by atoms with Crippen molar-refractivity contribution in [2.45, 2.75) is 26.2 Å². The van der Waals surface area contributed by atoms with Gasteiger partial charge in [0.25, 0.3) is 0 Å². The molecule has 0 aromatic heterocycles. The highest BCUT2D eigenvalue weighted by Crippen LogP contribution is 2.35. The van der Waals surface area contributed by atoms with Gasteiger partial charge in [-0.3, -0.25) is 0 Å². The van der Waals surface area contributed by atoms with Gasteiger partial charge in [-0.25, -0.2) is 0 Å². The quantitative estimate of drug-likeness (QED) is 0.763. The van der Waals surface area contributed by atoms with E-state index in [0.717, 1.165) is 43.6 Å². The minimum absolute atomic E-state index is 0.923. The van der Waals surface area contributed by atoms with Crippen molar-refractivity contribution in [3.05, 3.63) is 58.5 Å². The summed E-state index contributed by atoms with van der Waals surface area (Å²) in [5.41, 5.74) is 13.8. The van der Waals surface area contributed by atoms with Crippen molar-refractivity contribution in [3.63, 3.8) is 0 Å². The molecule has 0 radical (unpaired) electrons. The molecule has 1 heterocycles. The highest BCUT2D eigenvalue weighted by Gasteiger charge is 2.27. The van der Waals surface area contributed by atoms with E-state index in [1.54, 1.807) is 5.57 Å². The highest BCUT2D eigenvalue weighted by molar-refractivity contribution is 5.46. The lowest BCUT2D eigenvalue weighted by Gasteiger charge is -2.38. The van der Waals surface area contributed by atoms with Gasteiger partial charge in [-0.15, -0.1) is 0 Å². The number of hydrogen-bond acceptors (Lipinski definition) is 2. The van der Waals surface area contributed by atoms with Crippen LogP contribution in [0, 0.1) is 0 Å². The van der Waals surface area contributed by atoms with Crippen LogP contribution in [-0.2, 0) is 0 Å². The zero-order chi connectivity index (χ0) is 12.7. The maximum Gasteiger partial charge on any atom is 0.0543 e. The Morgan fingerprint density at radius 3 is 2.94 bits per heavy atom. The molecule has 0 aromatic rings. The lowest BCUT2D eigenvalue weighted by molar-refractivity contribution is 0.338. The number of hydrogen-bond donors (Lipinski definition) is 1. The summed E-state index contributed by atoms with van der Waals surface area (Å²) >= 11 is 0. The Balaban J connectivity index is 1.85. The van der Waals surface area contributed by atoms with E-state index >= 15 is 0 Å². The van der Waals surface area contributed by atoms with Crippen LogP contribution in [0.25, 0.3) is 0 Å². The molecule has 2 heteroatoms. The van der Waals surface area contributed by atoms with E-state index in [1.165, 1.54) is 16.8 Å². The normalized spacial score (nSPS) is 23.7. The molecule has 0 amide bonds. The van der Waals surface area contributed by atoms with Gasteiger partial charge in [-0.05, 0) is 30.9 Å². The van der Waals surface area contributed by atoms with Crippen LogP contribution in [0.2, 0.25) is 0 Å².